The van der Waals surface area contributed by atoms with Crippen molar-refractivity contribution in [1.29, 1.82) is 0 Å². The van der Waals surface area contributed by atoms with Crippen LogP contribution in [0.4, 0.5) is 5.82 Å². The molecular weight excluding hydrogens is 432 g/mol. The summed E-state index contributed by atoms with van der Waals surface area (Å²) in [5.41, 5.74) is 4.26. The van der Waals surface area contributed by atoms with Crippen LogP contribution in [0.2, 0.25) is 0 Å². The maximum absolute atomic E-state index is 12.8. The minimum atomic E-state index is -3.76. The van der Waals surface area contributed by atoms with Gasteiger partial charge in [0.15, 0.2) is 22.7 Å². The van der Waals surface area contributed by atoms with Crippen LogP contribution in [0.1, 0.15) is 30.0 Å². The van der Waals surface area contributed by atoms with E-state index < -0.39 is 10.0 Å². The molecule has 11 heteroatoms. The van der Waals surface area contributed by atoms with Crippen LogP contribution in [0.3, 0.4) is 0 Å². The molecule has 1 aromatic carbocycles. The Balaban J connectivity index is 1.34. The van der Waals surface area contributed by atoms with Crippen LogP contribution in [-0.2, 0) is 20.5 Å². The lowest BCUT2D eigenvalue weighted by Gasteiger charge is -2.21. The average Bonchev–Trinajstić information content (AvgIpc) is 3.50. The molecule has 0 saturated carbocycles. The number of hydrogen-bond acceptors (Lipinski definition) is 7. The fourth-order valence-electron chi connectivity index (χ4n) is 4.34. The lowest BCUT2D eigenvalue weighted by atomic mass is 9.93. The van der Waals surface area contributed by atoms with Gasteiger partial charge in [0.05, 0.1) is 17.9 Å². The molecule has 1 saturated heterocycles. The van der Waals surface area contributed by atoms with Crippen LogP contribution in [0.15, 0.2) is 47.4 Å². The fourth-order valence-corrected chi connectivity index (χ4v) is 5.40. The predicted octanol–water partition coefficient (Wildman–Crippen LogP) is 3.19. The molecule has 0 aliphatic carbocycles. The minimum absolute atomic E-state index is 0.228. The summed E-state index contributed by atoms with van der Waals surface area (Å²) in [5, 5.41) is 4.59. The number of sulfonamides is 1. The summed E-state index contributed by atoms with van der Waals surface area (Å²) in [6, 6.07) is 7.16. The fraction of sp³-hybridized carbons (Fsp3) is 0.286. The summed E-state index contributed by atoms with van der Waals surface area (Å²) < 4.78 is 40.8. The summed E-state index contributed by atoms with van der Waals surface area (Å²) in [7, 11) is -3.76. The Morgan fingerprint density at radius 1 is 1.22 bits per heavy atom. The van der Waals surface area contributed by atoms with Crippen LogP contribution in [0.5, 0.6) is 0 Å². The van der Waals surface area contributed by atoms with Gasteiger partial charge in [-0.15, -0.1) is 0 Å². The lowest BCUT2D eigenvalue weighted by molar-refractivity contribution is 0.0855. The van der Waals surface area contributed by atoms with Crippen LogP contribution < -0.4 is 4.72 Å². The number of imidazole rings is 1. The topological polar surface area (TPSA) is 127 Å². The first-order valence-corrected chi connectivity index (χ1v) is 12.0. The van der Waals surface area contributed by atoms with Gasteiger partial charge in [0.2, 0.25) is 10.0 Å². The highest BCUT2D eigenvalue weighted by molar-refractivity contribution is 7.91. The monoisotopic (exact) mass is 452 g/mol. The number of para-hydroxylation sites is 1. The average molecular weight is 452 g/mol. The molecule has 32 heavy (non-hydrogen) atoms. The number of anilines is 1. The van der Waals surface area contributed by atoms with Crippen molar-refractivity contribution in [3.8, 4) is 0 Å². The summed E-state index contributed by atoms with van der Waals surface area (Å²) >= 11 is 0. The van der Waals surface area contributed by atoms with Crippen molar-refractivity contribution in [2.24, 2.45) is 0 Å². The highest BCUT2D eigenvalue weighted by Gasteiger charge is 2.23. The number of nitrogens with one attached hydrogen (secondary N) is 2. The van der Waals surface area contributed by atoms with Gasteiger partial charge >= 0.3 is 0 Å². The second-order valence-electron chi connectivity index (χ2n) is 7.93. The second-order valence-corrected chi connectivity index (χ2v) is 9.65. The zero-order chi connectivity index (χ0) is 21.7. The third-order valence-corrected chi connectivity index (χ3v) is 7.02. The van der Waals surface area contributed by atoms with Crippen molar-refractivity contribution in [1.82, 2.24) is 24.5 Å². The molecule has 0 atom stereocenters. The van der Waals surface area contributed by atoms with E-state index in [1.165, 1.54) is 0 Å². The minimum Gasteiger partial charge on any atom is -0.381 e. The standard InChI is InChI=1S/C21H20N6O4S/c28-32(29,12-16-14-3-1-2-4-17(14)31-25-16)26-18-11-27-19(24-18)10-23-21-20(27)15(9-22-21)13-5-7-30-8-6-13/h1-4,9-11,13,22,26H,5-8,12H2. The van der Waals surface area contributed by atoms with E-state index in [2.05, 4.69) is 24.8 Å². The summed E-state index contributed by atoms with van der Waals surface area (Å²) in [5.74, 6) is 0.266. The molecule has 1 fully saturated rings. The van der Waals surface area contributed by atoms with Crippen molar-refractivity contribution in [2.75, 3.05) is 17.9 Å². The third-order valence-electron chi connectivity index (χ3n) is 5.85. The van der Waals surface area contributed by atoms with E-state index in [1.807, 2.05) is 22.7 Å². The highest BCUT2D eigenvalue weighted by Crippen LogP contribution is 2.32. The summed E-state index contributed by atoms with van der Waals surface area (Å²) in [6.45, 7) is 1.46. The van der Waals surface area contributed by atoms with Crippen molar-refractivity contribution < 1.29 is 17.7 Å². The van der Waals surface area contributed by atoms with Crippen LogP contribution in [-0.4, -0.2) is 46.1 Å². The number of hydrogen-bond donors (Lipinski definition) is 2. The first-order chi connectivity index (χ1) is 15.6. The number of nitrogens with zero attached hydrogens (tertiary/aromatic N) is 4. The van der Waals surface area contributed by atoms with Crippen molar-refractivity contribution in [3.05, 3.63) is 54.1 Å². The molecule has 10 nitrogen and oxygen atoms in total. The smallest absolute Gasteiger partial charge is 0.239 e. The lowest BCUT2D eigenvalue weighted by Crippen LogP contribution is -2.15. The Morgan fingerprint density at radius 3 is 2.94 bits per heavy atom. The normalized spacial score (nSPS) is 15.8. The van der Waals surface area contributed by atoms with E-state index in [-0.39, 0.29) is 11.6 Å². The summed E-state index contributed by atoms with van der Waals surface area (Å²) in [4.78, 5) is 12.1. The zero-order valence-corrected chi connectivity index (χ0v) is 17.8. The van der Waals surface area contributed by atoms with Gasteiger partial charge in [0.25, 0.3) is 0 Å². The maximum atomic E-state index is 12.8. The first-order valence-electron chi connectivity index (χ1n) is 10.3. The Morgan fingerprint density at radius 2 is 2.06 bits per heavy atom. The van der Waals surface area contributed by atoms with Crippen molar-refractivity contribution in [3.63, 3.8) is 0 Å². The molecule has 0 amide bonds. The molecule has 164 valence electrons. The molecule has 0 spiro atoms. The Kier molecular flexibility index (Phi) is 4.40. The first kappa shape index (κ1) is 19.3. The highest BCUT2D eigenvalue weighted by atomic mass is 32.2. The quantitative estimate of drug-likeness (QED) is 0.419. The molecule has 1 aliphatic heterocycles. The molecular formula is C21H20N6O4S. The van der Waals surface area contributed by atoms with Crippen molar-refractivity contribution in [2.45, 2.75) is 24.5 Å². The molecule has 1 aliphatic rings. The van der Waals surface area contributed by atoms with Crippen LogP contribution in [0.25, 0.3) is 27.8 Å². The maximum Gasteiger partial charge on any atom is 0.239 e. The van der Waals surface area contributed by atoms with E-state index in [1.54, 1.807) is 24.5 Å². The Bertz CT molecular complexity index is 1540. The molecule has 6 rings (SSSR count). The van der Waals surface area contributed by atoms with Gasteiger partial charge in [-0.1, -0.05) is 17.3 Å². The van der Waals surface area contributed by atoms with Crippen LogP contribution in [0, 0.1) is 0 Å². The molecule has 5 aromatic rings. The SMILES string of the molecule is O=S(=O)(Cc1noc2ccccc12)Nc1cn2c(cnc3[nH]cc(C4CCOCC4)c32)n1. The van der Waals surface area contributed by atoms with E-state index in [0.717, 1.165) is 42.8 Å². The van der Waals surface area contributed by atoms with Gasteiger partial charge in [-0.05, 0) is 36.5 Å². The number of aromatic nitrogens is 5. The van der Waals surface area contributed by atoms with E-state index in [9.17, 15) is 8.42 Å². The molecule has 2 N–H and O–H groups in total. The van der Waals surface area contributed by atoms with Gasteiger partial charge in [0.1, 0.15) is 11.4 Å². The Labute approximate surface area is 182 Å². The number of benzene rings is 1. The molecule has 0 bridgehead atoms. The second kappa shape index (κ2) is 7.31. The van der Waals surface area contributed by atoms with Crippen LogP contribution >= 0.6 is 0 Å². The van der Waals surface area contributed by atoms with E-state index >= 15 is 0 Å². The number of rotatable bonds is 5. The molecule has 0 radical (unpaired) electrons. The number of H-pyrrole nitrogens is 1. The molecule has 0 unspecified atom stereocenters. The van der Waals surface area contributed by atoms with Gasteiger partial charge in [0, 0.05) is 24.8 Å². The zero-order valence-electron chi connectivity index (χ0n) is 17.0. The van der Waals surface area contributed by atoms with Gasteiger partial charge in [-0.3, -0.25) is 9.12 Å². The van der Waals surface area contributed by atoms with E-state index in [4.69, 9.17) is 9.26 Å². The van der Waals surface area contributed by atoms with Gasteiger partial charge in [-0.2, -0.15) is 0 Å². The molecule has 4 aromatic heterocycles. The number of aromatic amines is 1. The number of ether oxygens (including phenoxy) is 1. The third kappa shape index (κ3) is 3.30. The summed E-state index contributed by atoms with van der Waals surface area (Å²) in [6.07, 6.45) is 7.16. The van der Waals surface area contributed by atoms with Gasteiger partial charge < -0.3 is 14.2 Å². The molecule has 5 heterocycles. The van der Waals surface area contributed by atoms with E-state index in [0.29, 0.717) is 28.2 Å². The number of fused-ring (bicyclic) bond motifs is 4. The Hall–Kier alpha value is -3.44. The van der Waals surface area contributed by atoms with Crippen molar-refractivity contribution >= 4 is 43.6 Å². The van der Waals surface area contributed by atoms with Gasteiger partial charge in [-0.25, -0.2) is 18.4 Å². The predicted molar refractivity (Wildman–Crippen MR) is 118 cm³/mol. The largest absolute Gasteiger partial charge is 0.381 e.